The van der Waals surface area contributed by atoms with E-state index in [-0.39, 0.29) is 5.82 Å². The van der Waals surface area contributed by atoms with Gasteiger partial charge in [-0.15, -0.1) is 0 Å². The van der Waals surface area contributed by atoms with E-state index in [1.807, 2.05) is 24.3 Å². The fourth-order valence-electron chi connectivity index (χ4n) is 2.50. The van der Waals surface area contributed by atoms with Gasteiger partial charge < -0.3 is 4.98 Å². The van der Waals surface area contributed by atoms with E-state index in [4.69, 9.17) is 4.98 Å². The van der Waals surface area contributed by atoms with Crippen LogP contribution in [0.4, 0.5) is 4.39 Å². The Hall–Kier alpha value is -2.66. The maximum absolute atomic E-state index is 13.2. The lowest BCUT2D eigenvalue weighted by Gasteiger charge is -2.04. The van der Waals surface area contributed by atoms with Crippen LogP contribution >= 0.6 is 10.9 Å². The lowest BCUT2D eigenvalue weighted by Crippen LogP contribution is -1.84. The number of thiol groups is 1. The van der Waals surface area contributed by atoms with Crippen LogP contribution in [0.15, 0.2) is 76.9 Å². The maximum Gasteiger partial charge on any atom is 0.153 e. The Morgan fingerprint density at radius 1 is 0.870 bits per heavy atom. The monoisotopic (exact) mass is 323 g/mol. The van der Waals surface area contributed by atoms with Crippen molar-refractivity contribution in [3.05, 3.63) is 77.6 Å². The van der Waals surface area contributed by atoms with Gasteiger partial charge >= 0.3 is 0 Å². The number of pyridine rings is 1. The van der Waals surface area contributed by atoms with Gasteiger partial charge in [-0.2, -0.15) is 10.9 Å². The van der Waals surface area contributed by atoms with Gasteiger partial charge in [-0.1, -0.05) is 12.2 Å². The molecule has 3 heterocycles. The molecular weight excluding hydrogens is 309 g/mol. The number of nitrogens with one attached hydrogen (secondary N) is 1. The van der Waals surface area contributed by atoms with Crippen molar-refractivity contribution >= 4 is 10.9 Å². The van der Waals surface area contributed by atoms with Crippen molar-refractivity contribution in [2.24, 2.45) is 0 Å². The Labute approximate surface area is 136 Å². The third kappa shape index (κ3) is 2.71. The number of hydrogen-bond donors (Lipinski definition) is 2. The van der Waals surface area contributed by atoms with E-state index >= 15 is 0 Å². The Bertz CT molecular complexity index is 870. The van der Waals surface area contributed by atoms with E-state index in [1.165, 1.54) is 12.1 Å². The Morgan fingerprint density at radius 2 is 1.57 bits per heavy atom. The minimum atomic E-state index is -0.540. The maximum atomic E-state index is 13.2. The van der Waals surface area contributed by atoms with Gasteiger partial charge in [-0.3, -0.25) is 4.98 Å². The van der Waals surface area contributed by atoms with E-state index in [9.17, 15) is 4.39 Å². The SMILES string of the molecule is Fc1ccc(-c2nc([SH]3C=CC=C3)[nH]c2-c2ccncc2)cc1. The molecule has 0 saturated heterocycles. The van der Waals surface area contributed by atoms with E-state index in [0.717, 1.165) is 27.7 Å². The Morgan fingerprint density at radius 3 is 2.26 bits per heavy atom. The van der Waals surface area contributed by atoms with Gasteiger partial charge in [-0.25, -0.2) is 9.37 Å². The topological polar surface area (TPSA) is 41.6 Å². The molecule has 4 rings (SSSR count). The van der Waals surface area contributed by atoms with E-state index < -0.39 is 10.9 Å². The summed E-state index contributed by atoms with van der Waals surface area (Å²) >= 11 is 0. The first-order valence-corrected chi connectivity index (χ1v) is 8.69. The minimum Gasteiger partial charge on any atom is -0.333 e. The average molecular weight is 323 g/mol. The molecule has 0 atom stereocenters. The fraction of sp³-hybridized carbons (Fsp3) is 0. The molecule has 1 aliphatic heterocycles. The zero-order valence-corrected chi connectivity index (χ0v) is 13.0. The molecule has 2 aromatic heterocycles. The number of aromatic nitrogens is 3. The van der Waals surface area contributed by atoms with Gasteiger partial charge in [0.2, 0.25) is 0 Å². The molecule has 3 nitrogen and oxygen atoms in total. The molecule has 0 saturated carbocycles. The van der Waals surface area contributed by atoms with E-state index in [0.29, 0.717) is 0 Å². The Kier molecular flexibility index (Phi) is 3.55. The summed E-state index contributed by atoms with van der Waals surface area (Å²) in [5.74, 6) is -0.249. The zero-order chi connectivity index (χ0) is 15.6. The number of H-pyrrole nitrogens is 1. The van der Waals surface area contributed by atoms with E-state index in [2.05, 4.69) is 20.8 Å². The molecule has 0 aliphatic carbocycles. The molecular formula is C18H14FN3S. The van der Waals surface area contributed by atoms with Gasteiger partial charge in [0.05, 0.1) is 11.4 Å². The molecule has 1 aliphatic rings. The fourth-order valence-corrected chi connectivity index (χ4v) is 3.91. The second-order valence-corrected chi connectivity index (χ2v) is 6.95. The van der Waals surface area contributed by atoms with Gasteiger partial charge in [0, 0.05) is 23.5 Å². The van der Waals surface area contributed by atoms with Gasteiger partial charge in [0.1, 0.15) is 5.82 Å². The number of nitrogens with zero attached hydrogens (tertiary/aromatic N) is 2. The van der Waals surface area contributed by atoms with Crippen LogP contribution < -0.4 is 0 Å². The zero-order valence-electron chi connectivity index (χ0n) is 12.1. The number of imidazole rings is 1. The molecule has 23 heavy (non-hydrogen) atoms. The van der Waals surface area contributed by atoms with Crippen molar-refractivity contribution in [1.82, 2.24) is 15.0 Å². The van der Waals surface area contributed by atoms with Crippen LogP contribution in [-0.2, 0) is 0 Å². The van der Waals surface area contributed by atoms with Crippen LogP contribution in [0.5, 0.6) is 0 Å². The summed E-state index contributed by atoms with van der Waals surface area (Å²) in [5.41, 5.74) is 3.68. The summed E-state index contributed by atoms with van der Waals surface area (Å²) in [5, 5.41) is 5.24. The van der Waals surface area contributed by atoms with Gasteiger partial charge in [0.25, 0.3) is 0 Å². The number of rotatable bonds is 3. The summed E-state index contributed by atoms with van der Waals surface area (Å²) in [4.78, 5) is 12.3. The average Bonchev–Trinajstić information content (AvgIpc) is 3.26. The van der Waals surface area contributed by atoms with Gasteiger partial charge in [0.15, 0.2) is 5.16 Å². The first-order valence-electron chi connectivity index (χ1n) is 7.21. The molecule has 0 fully saturated rings. The molecule has 0 bridgehead atoms. The van der Waals surface area contributed by atoms with Crippen molar-refractivity contribution in [2.45, 2.75) is 5.16 Å². The Balaban J connectivity index is 1.87. The van der Waals surface area contributed by atoms with Crippen LogP contribution in [0.1, 0.15) is 0 Å². The summed E-state index contributed by atoms with van der Waals surface area (Å²) in [6, 6.07) is 10.3. The van der Waals surface area contributed by atoms with Crippen molar-refractivity contribution in [3.8, 4) is 22.5 Å². The number of halogens is 1. The standard InChI is InChI=1S/C18H14FN3S/c19-15-5-3-13(4-6-15)16-17(14-7-9-20-10-8-14)22-18(21-16)23-11-1-2-12-23/h1-12,23H,(H,21,22). The van der Waals surface area contributed by atoms with E-state index in [1.54, 1.807) is 24.5 Å². The number of hydrogen-bond acceptors (Lipinski definition) is 2. The van der Waals surface area contributed by atoms with Crippen molar-refractivity contribution < 1.29 is 4.39 Å². The van der Waals surface area contributed by atoms with Crippen LogP contribution in [0, 0.1) is 5.82 Å². The van der Waals surface area contributed by atoms with Gasteiger partial charge in [-0.05, 0) is 47.2 Å². The predicted octanol–water partition coefficient (Wildman–Crippen LogP) is 4.68. The quantitative estimate of drug-likeness (QED) is 0.687. The predicted molar refractivity (Wildman–Crippen MR) is 92.7 cm³/mol. The van der Waals surface area contributed by atoms with Crippen molar-refractivity contribution in [1.29, 1.82) is 0 Å². The smallest absolute Gasteiger partial charge is 0.153 e. The van der Waals surface area contributed by atoms with Crippen LogP contribution in [-0.4, -0.2) is 15.0 Å². The molecule has 0 amide bonds. The molecule has 3 aromatic rings. The summed E-state index contributed by atoms with van der Waals surface area (Å²) < 4.78 is 13.2. The number of aromatic amines is 1. The highest BCUT2D eigenvalue weighted by atomic mass is 32.2. The first-order chi connectivity index (χ1) is 11.3. The second kappa shape index (κ2) is 5.85. The molecule has 0 radical (unpaired) electrons. The highest BCUT2D eigenvalue weighted by Crippen LogP contribution is 2.43. The molecule has 0 unspecified atom stereocenters. The van der Waals surface area contributed by atoms with Crippen LogP contribution in [0.2, 0.25) is 0 Å². The highest BCUT2D eigenvalue weighted by Gasteiger charge is 2.17. The lowest BCUT2D eigenvalue weighted by molar-refractivity contribution is 0.628. The number of allylic oxidation sites excluding steroid dienone is 2. The first kappa shape index (κ1) is 14.0. The summed E-state index contributed by atoms with van der Waals surface area (Å²) in [6.45, 7) is 0. The summed E-state index contributed by atoms with van der Waals surface area (Å²) in [6.07, 6.45) is 7.59. The van der Waals surface area contributed by atoms with Crippen LogP contribution in [0.25, 0.3) is 22.5 Å². The minimum absolute atomic E-state index is 0.249. The molecule has 1 aromatic carbocycles. The molecule has 114 valence electrons. The molecule has 1 N–H and O–H groups in total. The third-order valence-electron chi connectivity index (χ3n) is 3.63. The van der Waals surface area contributed by atoms with Crippen LogP contribution in [0.3, 0.4) is 0 Å². The van der Waals surface area contributed by atoms with Crippen molar-refractivity contribution in [2.75, 3.05) is 0 Å². The molecule has 0 spiro atoms. The molecule has 5 heteroatoms. The summed E-state index contributed by atoms with van der Waals surface area (Å²) in [7, 11) is -0.540. The highest BCUT2D eigenvalue weighted by molar-refractivity contribution is 8.22. The largest absolute Gasteiger partial charge is 0.333 e. The normalized spacial score (nSPS) is 14.6. The number of benzene rings is 1. The van der Waals surface area contributed by atoms with Crippen molar-refractivity contribution in [3.63, 3.8) is 0 Å². The second-order valence-electron chi connectivity index (χ2n) is 5.12. The third-order valence-corrected chi connectivity index (χ3v) is 5.31. The lowest BCUT2D eigenvalue weighted by atomic mass is 10.1.